The summed E-state index contributed by atoms with van der Waals surface area (Å²) in [7, 11) is 3.31. The normalized spacial score (nSPS) is 17.7. The molecule has 4 nitrogen and oxygen atoms in total. The van der Waals surface area contributed by atoms with Gasteiger partial charge in [-0.1, -0.05) is 6.07 Å². The highest BCUT2D eigenvalue weighted by Gasteiger charge is 2.18. The van der Waals surface area contributed by atoms with Gasteiger partial charge in [0.2, 0.25) is 0 Å². The maximum absolute atomic E-state index is 6.05. The zero-order chi connectivity index (χ0) is 13.4. The predicted molar refractivity (Wildman–Crippen MR) is 77.2 cm³/mol. The molecule has 100 valence electrons. The molecule has 1 aliphatic rings. The van der Waals surface area contributed by atoms with Crippen LogP contribution in [0.25, 0.3) is 10.8 Å². The number of anilines is 1. The van der Waals surface area contributed by atoms with Crippen LogP contribution in [0.3, 0.4) is 0 Å². The lowest BCUT2D eigenvalue weighted by Crippen LogP contribution is -2.35. The summed E-state index contributed by atoms with van der Waals surface area (Å²) >= 11 is 0. The Balaban J connectivity index is 2.24. The van der Waals surface area contributed by atoms with Crippen molar-refractivity contribution < 1.29 is 9.47 Å². The van der Waals surface area contributed by atoms with Crippen LogP contribution in [0.1, 0.15) is 5.56 Å². The van der Waals surface area contributed by atoms with Crippen molar-refractivity contribution in [1.29, 1.82) is 0 Å². The minimum absolute atomic E-state index is 0.159. The lowest BCUT2D eigenvalue weighted by molar-refractivity contribution is 0.356. The molecule has 1 atom stereocenters. The van der Waals surface area contributed by atoms with Gasteiger partial charge >= 0.3 is 0 Å². The maximum atomic E-state index is 6.05. The maximum Gasteiger partial charge on any atom is 0.161 e. The van der Waals surface area contributed by atoms with E-state index in [1.807, 2.05) is 12.1 Å². The van der Waals surface area contributed by atoms with Crippen molar-refractivity contribution in [3.8, 4) is 11.5 Å². The second kappa shape index (κ2) is 4.63. The average Bonchev–Trinajstić information content (AvgIpc) is 2.45. The van der Waals surface area contributed by atoms with E-state index >= 15 is 0 Å². The standard InChI is InChI=1S/C15H18N2O2/c1-18-14-5-9-3-4-13-12(6-10(16)8-17-13)11(9)7-15(14)19-2/h3-5,7,10,17H,6,8,16H2,1-2H3. The first-order chi connectivity index (χ1) is 9.22. The van der Waals surface area contributed by atoms with E-state index in [2.05, 4.69) is 17.4 Å². The summed E-state index contributed by atoms with van der Waals surface area (Å²) in [5.41, 5.74) is 8.48. The lowest BCUT2D eigenvalue weighted by Gasteiger charge is -2.25. The van der Waals surface area contributed by atoms with E-state index < -0.39 is 0 Å². The Morgan fingerprint density at radius 2 is 1.89 bits per heavy atom. The summed E-state index contributed by atoms with van der Waals surface area (Å²) in [6.45, 7) is 0.825. The molecular formula is C15H18N2O2. The van der Waals surface area contributed by atoms with E-state index in [9.17, 15) is 0 Å². The number of benzene rings is 2. The van der Waals surface area contributed by atoms with Crippen molar-refractivity contribution in [3.63, 3.8) is 0 Å². The van der Waals surface area contributed by atoms with Gasteiger partial charge in [0.25, 0.3) is 0 Å². The third kappa shape index (κ3) is 1.98. The molecule has 0 spiro atoms. The van der Waals surface area contributed by atoms with Crippen LogP contribution >= 0.6 is 0 Å². The number of hydrogen-bond donors (Lipinski definition) is 2. The first-order valence-corrected chi connectivity index (χ1v) is 6.40. The van der Waals surface area contributed by atoms with Crippen LogP contribution in [0.2, 0.25) is 0 Å². The molecule has 0 saturated carbocycles. The molecule has 3 N–H and O–H groups in total. The van der Waals surface area contributed by atoms with Crippen LogP contribution in [0.4, 0.5) is 5.69 Å². The second-order valence-electron chi connectivity index (χ2n) is 4.87. The lowest BCUT2D eigenvalue weighted by atomic mass is 9.94. The zero-order valence-corrected chi connectivity index (χ0v) is 11.2. The van der Waals surface area contributed by atoms with Crippen LogP contribution in [0.15, 0.2) is 24.3 Å². The van der Waals surface area contributed by atoms with E-state index in [1.54, 1.807) is 14.2 Å². The predicted octanol–water partition coefficient (Wildman–Crippen LogP) is 2.15. The van der Waals surface area contributed by atoms with Gasteiger partial charge in [0, 0.05) is 18.3 Å². The number of nitrogens with two attached hydrogens (primary N) is 1. The quantitative estimate of drug-likeness (QED) is 0.866. The van der Waals surface area contributed by atoms with Crippen LogP contribution in [0, 0.1) is 0 Å². The van der Waals surface area contributed by atoms with Crippen LogP contribution in [-0.2, 0) is 6.42 Å². The number of ether oxygens (including phenoxy) is 2. The largest absolute Gasteiger partial charge is 0.493 e. The summed E-state index contributed by atoms with van der Waals surface area (Å²) in [6, 6.07) is 8.41. The van der Waals surface area contributed by atoms with Gasteiger partial charge in [-0.15, -0.1) is 0 Å². The minimum Gasteiger partial charge on any atom is -0.493 e. The zero-order valence-electron chi connectivity index (χ0n) is 11.2. The Kier molecular flexibility index (Phi) is 2.95. The van der Waals surface area contributed by atoms with Gasteiger partial charge in [-0.25, -0.2) is 0 Å². The summed E-state index contributed by atoms with van der Waals surface area (Å²) < 4.78 is 10.7. The van der Waals surface area contributed by atoms with E-state index in [1.165, 1.54) is 16.6 Å². The number of hydrogen-bond acceptors (Lipinski definition) is 4. The van der Waals surface area contributed by atoms with Gasteiger partial charge in [0.1, 0.15) is 0 Å². The Labute approximate surface area is 112 Å². The Morgan fingerprint density at radius 3 is 2.63 bits per heavy atom. The topological polar surface area (TPSA) is 56.5 Å². The molecule has 0 aromatic heterocycles. The van der Waals surface area contributed by atoms with Crippen molar-refractivity contribution >= 4 is 16.5 Å². The fourth-order valence-corrected chi connectivity index (χ4v) is 2.67. The summed E-state index contributed by atoms with van der Waals surface area (Å²) in [6.07, 6.45) is 0.884. The highest BCUT2D eigenvalue weighted by atomic mass is 16.5. The minimum atomic E-state index is 0.159. The van der Waals surface area contributed by atoms with Gasteiger partial charge in [-0.3, -0.25) is 0 Å². The SMILES string of the molecule is COc1cc2ccc3c(c2cc1OC)CC(N)CN3. The summed E-state index contributed by atoms with van der Waals surface area (Å²) in [4.78, 5) is 0. The molecule has 4 heteroatoms. The van der Waals surface area contributed by atoms with Crippen LogP contribution in [0.5, 0.6) is 11.5 Å². The van der Waals surface area contributed by atoms with Crippen LogP contribution in [-0.4, -0.2) is 26.8 Å². The van der Waals surface area contributed by atoms with E-state index in [0.717, 1.165) is 29.9 Å². The second-order valence-corrected chi connectivity index (χ2v) is 4.87. The van der Waals surface area contributed by atoms with Gasteiger partial charge in [-0.05, 0) is 41.0 Å². The number of rotatable bonds is 2. The molecule has 0 aliphatic carbocycles. The molecule has 3 rings (SSSR count). The van der Waals surface area contributed by atoms with Crippen molar-refractivity contribution in [1.82, 2.24) is 0 Å². The molecule has 0 amide bonds. The average molecular weight is 258 g/mol. The highest BCUT2D eigenvalue weighted by Crippen LogP contribution is 2.37. The molecule has 0 radical (unpaired) electrons. The number of methoxy groups -OCH3 is 2. The Bertz CT molecular complexity index is 625. The van der Waals surface area contributed by atoms with Gasteiger partial charge < -0.3 is 20.5 Å². The molecule has 1 heterocycles. The van der Waals surface area contributed by atoms with Crippen molar-refractivity contribution in [2.75, 3.05) is 26.1 Å². The van der Waals surface area contributed by atoms with Gasteiger partial charge in [-0.2, -0.15) is 0 Å². The first kappa shape index (κ1) is 12.1. The molecule has 0 fully saturated rings. The van der Waals surface area contributed by atoms with E-state index in [-0.39, 0.29) is 6.04 Å². The summed E-state index contributed by atoms with van der Waals surface area (Å²) in [5.74, 6) is 1.51. The molecule has 19 heavy (non-hydrogen) atoms. The molecule has 2 aromatic carbocycles. The van der Waals surface area contributed by atoms with Crippen molar-refractivity contribution in [2.45, 2.75) is 12.5 Å². The van der Waals surface area contributed by atoms with E-state index in [0.29, 0.717) is 0 Å². The molecule has 2 aromatic rings. The third-order valence-corrected chi connectivity index (χ3v) is 3.66. The number of nitrogens with one attached hydrogen (secondary N) is 1. The molecule has 1 unspecified atom stereocenters. The van der Waals surface area contributed by atoms with Gasteiger partial charge in [0.05, 0.1) is 14.2 Å². The fraction of sp³-hybridized carbons (Fsp3) is 0.333. The molecule has 1 aliphatic heterocycles. The van der Waals surface area contributed by atoms with Crippen molar-refractivity contribution in [3.05, 3.63) is 29.8 Å². The monoisotopic (exact) mass is 258 g/mol. The highest BCUT2D eigenvalue weighted by molar-refractivity contribution is 5.93. The third-order valence-electron chi connectivity index (χ3n) is 3.66. The van der Waals surface area contributed by atoms with Crippen LogP contribution < -0.4 is 20.5 Å². The molecule has 0 bridgehead atoms. The first-order valence-electron chi connectivity index (χ1n) is 6.40. The molecule has 0 saturated heterocycles. The van der Waals surface area contributed by atoms with Crippen molar-refractivity contribution in [2.24, 2.45) is 5.73 Å². The van der Waals surface area contributed by atoms with E-state index in [4.69, 9.17) is 15.2 Å². The fourth-order valence-electron chi connectivity index (χ4n) is 2.67. The molecular weight excluding hydrogens is 240 g/mol. The Morgan fingerprint density at radius 1 is 1.16 bits per heavy atom. The summed E-state index contributed by atoms with van der Waals surface area (Å²) in [5, 5.41) is 5.70. The Hall–Kier alpha value is -1.94. The van der Waals surface area contributed by atoms with Gasteiger partial charge in [0.15, 0.2) is 11.5 Å². The smallest absolute Gasteiger partial charge is 0.161 e. The number of fused-ring (bicyclic) bond motifs is 3.